The number of aromatic nitrogens is 1. The fourth-order valence-electron chi connectivity index (χ4n) is 3.99. The fourth-order valence-corrected chi connectivity index (χ4v) is 4.52. The van der Waals surface area contributed by atoms with Crippen molar-refractivity contribution < 1.29 is 9.59 Å². The van der Waals surface area contributed by atoms with Gasteiger partial charge in [-0.1, -0.05) is 31.0 Å². The normalized spacial score (nSPS) is 22.5. The van der Waals surface area contributed by atoms with Crippen LogP contribution in [0.2, 0.25) is 0 Å². The van der Waals surface area contributed by atoms with Gasteiger partial charge in [-0.2, -0.15) is 0 Å². The summed E-state index contributed by atoms with van der Waals surface area (Å²) in [5.41, 5.74) is 2.23. The molecule has 1 fully saturated rings. The second-order valence-corrected chi connectivity index (χ2v) is 7.59. The van der Waals surface area contributed by atoms with Gasteiger partial charge < -0.3 is 10.2 Å². The van der Waals surface area contributed by atoms with Crippen LogP contribution in [-0.4, -0.2) is 23.3 Å². The number of nitrogens with zero attached hydrogens (tertiary/aromatic N) is 2. The van der Waals surface area contributed by atoms with Gasteiger partial charge in [-0.15, -0.1) is 11.3 Å². The average Bonchev–Trinajstić information content (AvgIpc) is 3.30. The average molecular weight is 355 g/mol. The van der Waals surface area contributed by atoms with Crippen molar-refractivity contribution in [1.29, 1.82) is 0 Å². The number of nitrogens with one attached hydrogen (secondary N) is 1. The summed E-state index contributed by atoms with van der Waals surface area (Å²) in [6, 6.07) is 8.07. The first-order chi connectivity index (χ1) is 12.2. The molecule has 1 saturated carbocycles. The van der Waals surface area contributed by atoms with E-state index in [-0.39, 0.29) is 23.7 Å². The summed E-state index contributed by atoms with van der Waals surface area (Å²) < 4.78 is 0. The van der Waals surface area contributed by atoms with E-state index in [9.17, 15) is 9.59 Å². The molecule has 4 rings (SSSR count). The first-order valence-electron chi connectivity index (χ1n) is 8.83. The van der Waals surface area contributed by atoms with E-state index < -0.39 is 0 Å². The number of carbonyl (C=O) groups excluding carboxylic acids is 2. The Morgan fingerprint density at radius 2 is 1.96 bits per heavy atom. The number of amides is 2. The minimum absolute atomic E-state index is 0.0690. The zero-order valence-electron chi connectivity index (χ0n) is 14.0. The van der Waals surface area contributed by atoms with E-state index in [0.29, 0.717) is 5.13 Å². The second kappa shape index (κ2) is 6.96. The maximum Gasteiger partial charge on any atom is 0.230 e. The van der Waals surface area contributed by atoms with Crippen molar-refractivity contribution in [2.45, 2.75) is 32.1 Å². The summed E-state index contributed by atoms with van der Waals surface area (Å²) in [6.45, 7) is 0.718. The molecule has 2 amide bonds. The SMILES string of the molecule is O=C(Nc1nccs1)C1CCCCC1C(=O)N1CCc2ccccc21. The van der Waals surface area contributed by atoms with Crippen LogP contribution >= 0.6 is 11.3 Å². The molecular formula is C19H21N3O2S. The van der Waals surface area contributed by atoms with Gasteiger partial charge in [0.1, 0.15) is 0 Å². The summed E-state index contributed by atoms with van der Waals surface area (Å²) in [6.07, 6.45) is 6.12. The number of para-hydroxylation sites is 1. The molecule has 2 unspecified atom stereocenters. The van der Waals surface area contributed by atoms with Gasteiger partial charge in [0.05, 0.1) is 5.92 Å². The van der Waals surface area contributed by atoms with Crippen molar-refractivity contribution in [2.24, 2.45) is 11.8 Å². The van der Waals surface area contributed by atoms with Crippen molar-refractivity contribution in [3.05, 3.63) is 41.4 Å². The molecule has 130 valence electrons. The number of hydrogen-bond acceptors (Lipinski definition) is 4. The molecule has 2 heterocycles. The Labute approximate surface area is 151 Å². The van der Waals surface area contributed by atoms with Crippen LogP contribution in [0.3, 0.4) is 0 Å². The Kier molecular flexibility index (Phi) is 4.53. The van der Waals surface area contributed by atoms with E-state index in [4.69, 9.17) is 0 Å². The summed E-state index contributed by atoms with van der Waals surface area (Å²) >= 11 is 1.40. The minimum Gasteiger partial charge on any atom is -0.312 e. The molecule has 1 aliphatic heterocycles. The molecule has 1 aromatic carbocycles. The lowest BCUT2D eigenvalue weighted by molar-refractivity contribution is -0.132. The Morgan fingerprint density at radius 1 is 1.16 bits per heavy atom. The number of anilines is 2. The highest BCUT2D eigenvalue weighted by Crippen LogP contribution is 2.36. The highest BCUT2D eigenvalue weighted by Gasteiger charge is 2.39. The molecule has 0 bridgehead atoms. The molecule has 5 nitrogen and oxygen atoms in total. The van der Waals surface area contributed by atoms with Crippen LogP contribution in [0.4, 0.5) is 10.8 Å². The van der Waals surface area contributed by atoms with Crippen LogP contribution in [0, 0.1) is 11.8 Å². The number of thiazole rings is 1. The zero-order chi connectivity index (χ0) is 17.2. The van der Waals surface area contributed by atoms with Crippen molar-refractivity contribution in [3.63, 3.8) is 0 Å². The highest BCUT2D eigenvalue weighted by molar-refractivity contribution is 7.13. The molecular weight excluding hydrogens is 334 g/mol. The quantitative estimate of drug-likeness (QED) is 0.917. The van der Waals surface area contributed by atoms with Crippen molar-refractivity contribution in [2.75, 3.05) is 16.8 Å². The predicted molar refractivity (Wildman–Crippen MR) is 98.7 cm³/mol. The van der Waals surface area contributed by atoms with Crippen molar-refractivity contribution in [1.82, 2.24) is 4.98 Å². The van der Waals surface area contributed by atoms with Gasteiger partial charge in [0.25, 0.3) is 0 Å². The van der Waals surface area contributed by atoms with E-state index in [1.165, 1.54) is 16.9 Å². The molecule has 1 aliphatic carbocycles. The number of fused-ring (bicyclic) bond motifs is 1. The standard InChI is InChI=1S/C19H21N3O2S/c23-17(21-19-20-10-12-25-19)14-6-2-3-7-15(14)18(24)22-11-9-13-5-1-4-8-16(13)22/h1,4-5,8,10,12,14-15H,2-3,6-7,9,11H2,(H,20,21,23). The van der Waals surface area contributed by atoms with E-state index in [0.717, 1.165) is 44.3 Å². The van der Waals surface area contributed by atoms with Crippen LogP contribution < -0.4 is 10.2 Å². The van der Waals surface area contributed by atoms with Gasteiger partial charge in [0.15, 0.2) is 5.13 Å². The second-order valence-electron chi connectivity index (χ2n) is 6.69. The third kappa shape index (κ3) is 3.18. The summed E-state index contributed by atoms with van der Waals surface area (Å²) in [4.78, 5) is 31.9. The smallest absolute Gasteiger partial charge is 0.230 e. The van der Waals surface area contributed by atoms with E-state index >= 15 is 0 Å². The lowest BCUT2D eigenvalue weighted by Crippen LogP contribution is -2.43. The molecule has 0 saturated heterocycles. The van der Waals surface area contributed by atoms with Gasteiger partial charge in [0, 0.05) is 29.7 Å². The fraction of sp³-hybridized carbons (Fsp3) is 0.421. The molecule has 6 heteroatoms. The van der Waals surface area contributed by atoms with Crippen LogP contribution in [-0.2, 0) is 16.0 Å². The summed E-state index contributed by atoms with van der Waals surface area (Å²) in [5, 5.41) is 5.32. The van der Waals surface area contributed by atoms with Gasteiger partial charge >= 0.3 is 0 Å². The number of carbonyl (C=O) groups is 2. The molecule has 1 aromatic heterocycles. The van der Waals surface area contributed by atoms with Crippen LogP contribution in [0.5, 0.6) is 0 Å². The lowest BCUT2D eigenvalue weighted by Gasteiger charge is -2.32. The Balaban J connectivity index is 1.53. The van der Waals surface area contributed by atoms with Gasteiger partial charge in [0.2, 0.25) is 11.8 Å². The van der Waals surface area contributed by atoms with Gasteiger partial charge in [-0.25, -0.2) is 4.98 Å². The van der Waals surface area contributed by atoms with Crippen molar-refractivity contribution >= 4 is 34.0 Å². The largest absolute Gasteiger partial charge is 0.312 e. The van der Waals surface area contributed by atoms with E-state index in [1.54, 1.807) is 6.20 Å². The monoisotopic (exact) mass is 355 g/mol. The van der Waals surface area contributed by atoms with Crippen molar-refractivity contribution in [3.8, 4) is 0 Å². The molecule has 2 aliphatic rings. The number of hydrogen-bond donors (Lipinski definition) is 1. The van der Waals surface area contributed by atoms with E-state index in [2.05, 4.69) is 16.4 Å². The first kappa shape index (κ1) is 16.3. The topological polar surface area (TPSA) is 62.3 Å². The third-order valence-electron chi connectivity index (χ3n) is 5.24. The predicted octanol–water partition coefficient (Wildman–Crippen LogP) is 3.48. The maximum atomic E-state index is 13.2. The Bertz CT molecular complexity index is 775. The molecule has 1 N–H and O–H groups in total. The van der Waals surface area contributed by atoms with Crippen LogP contribution in [0.1, 0.15) is 31.2 Å². The number of benzene rings is 1. The molecule has 2 atom stereocenters. The molecule has 0 radical (unpaired) electrons. The minimum atomic E-state index is -0.266. The first-order valence-corrected chi connectivity index (χ1v) is 9.71. The van der Waals surface area contributed by atoms with Gasteiger partial charge in [-0.3, -0.25) is 9.59 Å². The zero-order valence-corrected chi connectivity index (χ0v) is 14.8. The van der Waals surface area contributed by atoms with Crippen LogP contribution in [0.15, 0.2) is 35.8 Å². The maximum absolute atomic E-state index is 13.2. The number of rotatable bonds is 3. The van der Waals surface area contributed by atoms with E-state index in [1.807, 2.05) is 28.5 Å². The highest BCUT2D eigenvalue weighted by atomic mass is 32.1. The lowest BCUT2D eigenvalue weighted by atomic mass is 9.78. The molecule has 25 heavy (non-hydrogen) atoms. The third-order valence-corrected chi connectivity index (χ3v) is 5.92. The Morgan fingerprint density at radius 3 is 2.76 bits per heavy atom. The van der Waals surface area contributed by atoms with Crippen LogP contribution in [0.25, 0.3) is 0 Å². The van der Waals surface area contributed by atoms with Gasteiger partial charge in [-0.05, 0) is 30.9 Å². The molecule has 0 spiro atoms. The molecule has 2 aromatic rings. The summed E-state index contributed by atoms with van der Waals surface area (Å²) in [7, 11) is 0. The Hall–Kier alpha value is -2.21. The summed E-state index contributed by atoms with van der Waals surface area (Å²) in [5.74, 6) is -0.470.